The van der Waals surface area contributed by atoms with Gasteiger partial charge in [0.2, 0.25) is 5.91 Å². The standard InChI is InChI=1S/C18H25N3O5/c1-6-11(2)19-15(22)10-21-16(23)18(3,20-17(21)24)12-7-8-13(25-4)14(9-12)26-5/h7-9,11H,6,10H2,1-5H3,(H,19,22)(H,20,24)/t11-,18-/m0/s1. The highest BCUT2D eigenvalue weighted by Gasteiger charge is 2.49. The van der Waals surface area contributed by atoms with Crippen molar-refractivity contribution in [2.24, 2.45) is 0 Å². The molecule has 142 valence electrons. The second-order valence-corrected chi connectivity index (χ2v) is 6.39. The van der Waals surface area contributed by atoms with Crippen LogP contribution >= 0.6 is 0 Å². The number of amides is 4. The predicted molar refractivity (Wildman–Crippen MR) is 95.0 cm³/mol. The molecular formula is C18H25N3O5. The molecule has 1 saturated heterocycles. The van der Waals surface area contributed by atoms with Gasteiger partial charge in [0.1, 0.15) is 12.1 Å². The first-order valence-electron chi connectivity index (χ1n) is 8.42. The normalized spacial score (nSPS) is 20.6. The molecule has 1 fully saturated rings. The molecule has 0 radical (unpaired) electrons. The SMILES string of the molecule is CC[C@H](C)NC(=O)CN1C(=O)N[C@@](C)(c2ccc(OC)c(OC)c2)C1=O. The van der Waals surface area contributed by atoms with Crippen LogP contribution in [0.4, 0.5) is 4.79 Å². The quantitative estimate of drug-likeness (QED) is 0.714. The van der Waals surface area contributed by atoms with Gasteiger partial charge in [-0.1, -0.05) is 13.0 Å². The molecule has 0 spiro atoms. The molecule has 0 saturated carbocycles. The van der Waals surface area contributed by atoms with Crippen LogP contribution < -0.4 is 20.1 Å². The minimum atomic E-state index is -1.28. The van der Waals surface area contributed by atoms with E-state index in [1.165, 1.54) is 14.2 Å². The summed E-state index contributed by atoms with van der Waals surface area (Å²) in [7, 11) is 3.00. The van der Waals surface area contributed by atoms with Crippen molar-refractivity contribution in [3.8, 4) is 11.5 Å². The van der Waals surface area contributed by atoms with Gasteiger partial charge in [-0.15, -0.1) is 0 Å². The molecule has 0 unspecified atom stereocenters. The van der Waals surface area contributed by atoms with Crippen molar-refractivity contribution in [2.45, 2.75) is 38.8 Å². The lowest BCUT2D eigenvalue weighted by Crippen LogP contribution is -2.44. The highest BCUT2D eigenvalue weighted by Crippen LogP contribution is 2.35. The number of rotatable bonds is 7. The Morgan fingerprint density at radius 1 is 1.27 bits per heavy atom. The number of nitrogens with one attached hydrogen (secondary N) is 2. The molecule has 4 amide bonds. The maximum absolute atomic E-state index is 12.9. The summed E-state index contributed by atoms with van der Waals surface area (Å²) < 4.78 is 10.5. The second kappa shape index (κ2) is 7.63. The van der Waals surface area contributed by atoms with Crippen LogP contribution in [0.2, 0.25) is 0 Å². The first-order valence-corrected chi connectivity index (χ1v) is 8.42. The summed E-state index contributed by atoms with van der Waals surface area (Å²) in [4.78, 5) is 38.2. The molecule has 26 heavy (non-hydrogen) atoms. The zero-order chi connectivity index (χ0) is 19.5. The van der Waals surface area contributed by atoms with Gasteiger partial charge in [-0.2, -0.15) is 0 Å². The number of urea groups is 1. The molecule has 0 bridgehead atoms. The Morgan fingerprint density at radius 2 is 1.92 bits per heavy atom. The van der Waals surface area contributed by atoms with E-state index in [2.05, 4.69) is 10.6 Å². The number of hydrogen-bond acceptors (Lipinski definition) is 5. The van der Waals surface area contributed by atoms with E-state index in [1.807, 2.05) is 13.8 Å². The molecular weight excluding hydrogens is 338 g/mol. The lowest BCUT2D eigenvalue weighted by Gasteiger charge is -2.23. The molecule has 0 aromatic heterocycles. The van der Waals surface area contributed by atoms with E-state index in [-0.39, 0.29) is 18.5 Å². The Hall–Kier alpha value is -2.77. The molecule has 1 heterocycles. The van der Waals surface area contributed by atoms with Crippen LogP contribution in [0.3, 0.4) is 0 Å². The third kappa shape index (κ3) is 3.58. The Kier molecular flexibility index (Phi) is 5.74. The maximum Gasteiger partial charge on any atom is 0.325 e. The van der Waals surface area contributed by atoms with E-state index in [0.29, 0.717) is 17.1 Å². The summed E-state index contributed by atoms with van der Waals surface area (Å²) in [6.07, 6.45) is 0.759. The highest BCUT2D eigenvalue weighted by atomic mass is 16.5. The largest absolute Gasteiger partial charge is 0.493 e. The number of hydrogen-bond donors (Lipinski definition) is 2. The van der Waals surface area contributed by atoms with E-state index in [1.54, 1.807) is 25.1 Å². The monoisotopic (exact) mass is 363 g/mol. The third-order valence-corrected chi connectivity index (χ3v) is 4.56. The number of ether oxygens (including phenoxy) is 2. The molecule has 8 nitrogen and oxygen atoms in total. The van der Waals surface area contributed by atoms with Crippen molar-refractivity contribution in [3.63, 3.8) is 0 Å². The van der Waals surface area contributed by atoms with Crippen LogP contribution in [0.5, 0.6) is 11.5 Å². The van der Waals surface area contributed by atoms with Crippen molar-refractivity contribution in [1.29, 1.82) is 0 Å². The molecule has 1 aromatic rings. The van der Waals surface area contributed by atoms with Crippen LogP contribution in [-0.4, -0.2) is 49.6 Å². The number of carbonyl (C=O) groups excluding carboxylic acids is 3. The molecule has 1 aliphatic rings. The first kappa shape index (κ1) is 19.6. The minimum Gasteiger partial charge on any atom is -0.493 e. The average molecular weight is 363 g/mol. The number of imide groups is 1. The molecule has 8 heteroatoms. The summed E-state index contributed by atoms with van der Waals surface area (Å²) in [6.45, 7) is 5.07. The molecule has 1 aliphatic heterocycles. The van der Waals surface area contributed by atoms with Crippen LogP contribution in [0.1, 0.15) is 32.8 Å². The Morgan fingerprint density at radius 3 is 2.50 bits per heavy atom. The zero-order valence-corrected chi connectivity index (χ0v) is 15.7. The smallest absolute Gasteiger partial charge is 0.325 e. The number of methoxy groups -OCH3 is 2. The summed E-state index contributed by atoms with van der Waals surface area (Å²) in [5.41, 5.74) is -0.744. The third-order valence-electron chi connectivity index (χ3n) is 4.56. The van der Waals surface area contributed by atoms with Gasteiger partial charge in [0.15, 0.2) is 11.5 Å². The van der Waals surface area contributed by atoms with Gasteiger partial charge in [-0.3, -0.25) is 14.5 Å². The van der Waals surface area contributed by atoms with E-state index in [0.717, 1.165) is 11.3 Å². The first-order chi connectivity index (χ1) is 12.3. The van der Waals surface area contributed by atoms with Crippen molar-refractivity contribution in [1.82, 2.24) is 15.5 Å². The van der Waals surface area contributed by atoms with E-state index < -0.39 is 17.5 Å². The summed E-state index contributed by atoms with van der Waals surface area (Å²) in [6, 6.07) is 4.35. The average Bonchev–Trinajstić information content (AvgIpc) is 2.84. The maximum atomic E-state index is 12.9. The van der Waals surface area contributed by atoms with E-state index in [9.17, 15) is 14.4 Å². The Balaban J connectivity index is 2.24. The minimum absolute atomic E-state index is 0.0273. The second-order valence-electron chi connectivity index (χ2n) is 6.39. The van der Waals surface area contributed by atoms with Gasteiger partial charge in [0.25, 0.3) is 5.91 Å². The zero-order valence-electron chi connectivity index (χ0n) is 15.7. The van der Waals surface area contributed by atoms with Gasteiger partial charge in [0, 0.05) is 6.04 Å². The van der Waals surface area contributed by atoms with Crippen molar-refractivity contribution >= 4 is 17.8 Å². The topological polar surface area (TPSA) is 97.0 Å². The van der Waals surface area contributed by atoms with Crippen molar-refractivity contribution in [3.05, 3.63) is 23.8 Å². The van der Waals surface area contributed by atoms with Gasteiger partial charge in [0.05, 0.1) is 14.2 Å². The van der Waals surface area contributed by atoms with Gasteiger partial charge in [-0.25, -0.2) is 4.79 Å². The van der Waals surface area contributed by atoms with Crippen LogP contribution in [0, 0.1) is 0 Å². The summed E-state index contributed by atoms with van der Waals surface area (Å²) >= 11 is 0. The summed E-state index contributed by atoms with van der Waals surface area (Å²) in [5, 5.41) is 5.42. The van der Waals surface area contributed by atoms with Crippen LogP contribution in [0.15, 0.2) is 18.2 Å². The fourth-order valence-corrected chi connectivity index (χ4v) is 2.75. The van der Waals surface area contributed by atoms with Gasteiger partial charge >= 0.3 is 6.03 Å². The summed E-state index contributed by atoms with van der Waals surface area (Å²) in [5.74, 6) is 0.0936. The molecule has 2 rings (SSSR count). The van der Waals surface area contributed by atoms with Gasteiger partial charge in [-0.05, 0) is 38.0 Å². The van der Waals surface area contributed by atoms with E-state index >= 15 is 0 Å². The number of carbonyl (C=O) groups is 3. The van der Waals surface area contributed by atoms with Crippen molar-refractivity contribution in [2.75, 3.05) is 20.8 Å². The lowest BCUT2D eigenvalue weighted by atomic mass is 9.91. The highest BCUT2D eigenvalue weighted by molar-refractivity contribution is 6.09. The molecule has 2 atom stereocenters. The Labute approximate surface area is 152 Å². The van der Waals surface area contributed by atoms with Crippen LogP contribution in [-0.2, 0) is 15.1 Å². The number of benzene rings is 1. The molecule has 2 N–H and O–H groups in total. The van der Waals surface area contributed by atoms with Crippen molar-refractivity contribution < 1.29 is 23.9 Å². The Bertz CT molecular complexity index is 721. The lowest BCUT2D eigenvalue weighted by molar-refractivity contribution is -0.135. The van der Waals surface area contributed by atoms with Crippen LogP contribution in [0.25, 0.3) is 0 Å². The van der Waals surface area contributed by atoms with Gasteiger partial charge < -0.3 is 20.1 Å². The number of nitrogens with zero attached hydrogens (tertiary/aromatic N) is 1. The molecule has 1 aromatic carbocycles. The fraction of sp³-hybridized carbons (Fsp3) is 0.500. The fourth-order valence-electron chi connectivity index (χ4n) is 2.75. The predicted octanol–water partition coefficient (Wildman–Crippen LogP) is 1.39. The molecule has 0 aliphatic carbocycles. The van der Waals surface area contributed by atoms with E-state index in [4.69, 9.17) is 9.47 Å².